The van der Waals surface area contributed by atoms with E-state index in [2.05, 4.69) is 25.7 Å². The van der Waals surface area contributed by atoms with Gasteiger partial charge in [0.1, 0.15) is 0 Å². The van der Waals surface area contributed by atoms with Crippen molar-refractivity contribution in [1.29, 1.82) is 0 Å². The molecule has 0 fully saturated rings. The van der Waals surface area contributed by atoms with E-state index in [9.17, 15) is 4.79 Å². The lowest BCUT2D eigenvalue weighted by molar-refractivity contribution is -0.138. The van der Waals surface area contributed by atoms with Gasteiger partial charge in [-0.2, -0.15) is 0 Å². The van der Waals surface area contributed by atoms with E-state index in [0.717, 1.165) is 37.7 Å². The summed E-state index contributed by atoms with van der Waals surface area (Å²) in [5.74, 6) is 0.238. The molecule has 1 aliphatic heterocycles. The van der Waals surface area contributed by atoms with Crippen LogP contribution in [0.15, 0.2) is 24.3 Å². The van der Waals surface area contributed by atoms with E-state index in [0.29, 0.717) is 19.1 Å². The molecule has 0 spiro atoms. The van der Waals surface area contributed by atoms with E-state index in [1.807, 2.05) is 0 Å². The fourth-order valence-electron chi connectivity index (χ4n) is 2.58. The number of carbonyl (C=O) groups is 1. The maximum absolute atomic E-state index is 10.9. The topological polar surface area (TPSA) is 46.5 Å². The van der Waals surface area contributed by atoms with Crippen LogP contribution in [0.3, 0.4) is 0 Å². The first-order chi connectivity index (χ1) is 9.58. The molecule has 0 amide bonds. The summed E-state index contributed by atoms with van der Waals surface area (Å²) in [6.45, 7) is 7.50. The zero-order chi connectivity index (χ0) is 14.8. The van der Waals surface area contributed by atoms with E-state index in [4.69, 9.17) is 9.84 Å². The minimum absolute atomic E-state index is 0.269. The Hall–Kier alpha value is -1.09. The van der Waals surface area contributed by atoms with E-state index >= 15 is 0 Å². The molecule has 0 saturated carbocycles. The van der Waals surface area contributed by atoms with Crippen LogP contribution in [0.5, 0.6) is 0 Å². The summed E-state index contributed by atoms with van der Waals surface area (Å²) in [6, 6.07) is 0. The minimum Gasteiger partial charge on any atom is -0.481 e. The summed E-state index contributed by atoms with van der Waals surface area (Å²) in [6.07, 6.45) is 10.7. The highest BCUT2D eigenvalue weighted by Gasteiger charge is 2.15. The smallest absolute Gasteiger partial charge is 0.303 e. The van der Waals surface area contributed by atoms with Crippen molar-refractivity contribution in [2.75, 3.05) is 13.2 Å². The van der Waals surface area contributed by atoms with Crippen molar-refractivity contribution in [2.24, 2.45) is 11.8 Å². The molecule has 0 saturated heterocycles. The molecule has 0 aliphatic carbocycles. The molecule has 2 atom stereocenters. The van der Waals surface area contributed by atoms with Gasteiger partial charge in [0.05, 0.1) is 13.2 Å². The minimum atomic E-state index is -0.687. The lowest BCUT2D eigenvalue weighted by Crippen LogP contribution is -2.11. The van der Waals surface area contributed by atoms with Gasteiger partial charge in [-0.15, -0.1) is 0 Å². The third-order valence-corrected chi connectivity index (χ3v) is 3.95. The van der Waals surface area contributed by atoms with Crippen LogP contribution in [0.1, 0.15) is 51.9 Å². The molecule has 20 heavy (non-hydrogen) atoms. The quantitative estimate of drug-likeness (QED) is 0.771. The van der Waals surface area contributed by atoms with Crippen molar-refractivity contribution in [2.45, 2.75) is 51.9 Å². The molecule has 0 aromatic carbocycles. The Morgan fingerprint density at radius 2 is 2.15 bits per heavy atom. The molecule has 114 valence electrons. The molecular formula is C17H28O3. The molecule has 1 aliphatic rings. The summed E-state index contributed by atoms with van der Waals surface area (Å²) in [5.41, 5.74) is 1.07. The van der Waals surface area contributed by atoms with Gasteiger partial charge in [-0.25, -0.2) is 0 Å². The maximum Gasteiger partial charge on any atom is 0.303 e. The molecule has 3 nitrogen and oxygen atoms in total. The summed E-state index contributed by atoms with van der Waals surface area (Å²) in [7, 11) is 0. The molecule has 1 heterocycles. The Bertz CT molecular complexity index is 333. The molecule has 0 aromatic rings. The zero-order valence-corrected chi connectivity index (χ0v) is 12.6. The second kappa shape index (κ2) is 9.76. The highest BCUT2D eigenvalue weighted by atomic mass is 16.5. The second-order valence-electron chi connectivity index (χ2n) is 6.00. The van der Waals surface area contributed by atoms with Crippen molar-refractivity contribution in [1.82, 2.24) is 0 Å². The third-order valence-electron chi connectivity index (χ3n) is 3.95. The van der Waals surface area contributed by atoms with Crippen LogP contribution in [0, 0.1) is 11.8 Å². The fourth-order valence-corrected chi connectivity index (χ4v) is 2.58. The number of carboxylic acids is 1. The van der Waals surface area contributed by atoms with Gasteiger partial charge < -0.3 is 9.84 Å². The number of hydrogen-bond acceptors (Lipinski definition) is 2. The van der Waals surface area contributed by atoms with Crippen molar-refractivity contribution >= 4 is 5.97 Å². The first-order valence-electron chi connectivity index (χ1n) is 7.69. The summed E-state index contributed by atoms with van der Waals surface area (Å²) < 4.78 is 5.53. The molecule has 0 bridgehead atoms. The second-order valence-corrected chi connectivity index (χ2v) is 6.00. The van der Waals surface area contributed by atoms with E-state index in [-0.39, 0.29) is 12.3 Å². The van der Waals surface area contributed by atoms with Gasteiger partial charge in [0.25, 0.3) is 0 Å². The predicted octanol–water partition coefficient (Wildman–Crippen LogP) is 4.20. The number of carboxylic acid groups (broad SMARTS) is 1. The van der Waals surface area contributed by atoms with Crippen LogP contribution in [-0.4, -0.2) is 24.3 Å². The monoisotopic (exact) mass is 280 g/mol. The van der Waals surface area contributed by atoms with Crippen molar-refractivity contribution in [3.8, 4) is 0 Å². The van der Waals surface area contributed by atoms with Gasteiger partial charge in [-0.3, -0.25) is 4.79 Å². The van der Waals surface area contributed by atoms with Crippen molar-refractivity contribution in [3.05, 3.63) is 24.3 Å². The molecule has 3 heteroatoms. The Morgan fingerprint density at radius 1 is 1.35 bits per heavy atom. The van der Waals surface area contributed by atoms with Crippen LogP contribution in [-0.2, 0) is 9.53 Å². The number of allylic oxidation sites excluding steroid dienone is 1. The van der Waals surface area contributed by atoms with Gasteiger partial charge in [0, 0.05) is 6.42 Å². The highest BCUT2D eigenvalue weighted by Crippen LogP contribution is 2.24. The normalized spacial score (nSPS) is 28.6. The Morgan fingerprint density at radius 3 is 2.90 bits per heavy atom. The van der Waals surface area contributed by atoms with E-state index in [1.165, 1.54) is 6.42 Å². The molecule has 0 radical (unpaired) electrons. The molecule has 1 N–H and O–H groups in total. The van der Waals surface area contributed by atoms with Gasteiger partial charge in [-0.1, -0.05) is 37.6 Å². The standard InChI is InChI=1S/C17H28O3/c1-14-6-4-3-5-11-20-13-15(2)8-10-16(9-7-14)12-17(18)19/h3,5,14,16H,2,4,6-13H2,1H3,(H,18,19)/b5-3-. The van der Waals surface area contributed by atoms with Gasteiger partial charge in [0.15, 0.2) is 0 Å². The molecule has 0 aromatic heterocycles. The van der Waals surface area contributed by atoms with Crippen LogP contribution < -0.4 is 0 Å². The summed E-state index contributed by atoms with van der Waals surface area (Å²) in [4.78, 5) is 10.9. The molecular weight excluding hydrogens is 252 g/mol. The first kappa shape index (κ1) is 17.0. The van der Waals surface area contributed by atoms with E-state index < -0.39 is 5.97 Å². The van der Waals surface area contributed by atoms with Crippen LogP contribution in [0.25, 0.3) is 0 Å². The number of aliphatic carboxylic acids is 1. The summed E-state index contributed by atoms with van der Waals surface area (Å²) >= 11 is 0. The third kappa shape index (κ3) is 8.16. The zero-order valence-electron chi connectivity index (χ0n) is 12.6. The largest absolute Gasteiger partial charge is 0.481 e. The Kier molecular flexibility index (Phi) is 8.28. The fraction of sp³-hybridized carbons (Fsp3) is 0.706. The highest BCUT2D eigenvalue weighted by molar-refractivity contribution is 5.67. The van der Waals surface area contributed by atoms with Gasteiger partial charge in [0.2, 0.25) is 0 Å². The molecule has 2 unspecified atom stereocenters. The lowest BCUT2D eigenvalue weighted by Gasteiger charge is -2.18. The first-order valence-corrected chi connectivity index (χ1v) is 7.69. The van der Waals surface area contributed by atoms with Gasteiger partial charge >= 0.3 is 5.97 Å². The van der Waals surface area contributed by atoms with Crippen LogP contribution in [0.4, 0.5) is 0 Å². The maximum atomic E-state index is 10.9. The molecule has 1 rings (SSSR count). The van der Waals surface area contributed by atoms with Crippen LogP contribution >= 0.6 is 0 Å². The van der Waals surface area contributed by atoms with E-state index in [1.54, 1.807) is 0 Å². The van der Waals surface area contributed by atoms with Crippen molar-refractivity contribution in [3.63, 3.8) is 0 Å². The Labute approximate surface area is 122 Å². The van der Waals surface area contributed by atoms with Crippen LogP contribution in [0.2, 0.25) is 0 Å². The lowest BCUT2D eigenvalue weighted by atomic mass is 9.88. The number of ether oxygens (including phenoxy) is 1. The average Bonchev–Trinajstić information content (AvgIpc) is 2.39. The average molecular weight is 280 g/mol. The van der Waals surface area contributed by atoms with Crippen molar-refractivity contribution < 1.29 is 14.6 Å². The number of hydrogen-bond donors (Lipinski definition) is 1. The predicted molar refractivity (Wildman–Crippen MR) is 81.7 cm³/mol. The SMILES string of the molecule is C=C1CCC(CC(=O)O)CCC(C)CC/C=C\COC1. The summed E-state index contributed by atoms with van der Waals surface area (Å²) in [5, 5.41) is 9.01. The number of rotatable bonds is 2. The van der Waals surface area contributed by atoms with Gasteiger partial charge in [-0.05, 0) is 43.9 Å². The Balaban J connectivity index is 2.54.